The summed E-state index contributed by atoms with van der Waals surface area (Å²) in [5.74, 6) is 1.19. The van der Waals surface area contributed by atoms with E-state index in [2.05, 4.69) is 20.2 Å². The highest BCUT2D eigenvalue weighted by Gasteiger charge is 2.10. The third kappa shape index (κ3) is 2.43. The van der Waals surface area contributed by atoms with E-state index < -0.39 is 0 Å². The maximum atomic E-state index is 5.60. The van der Waals surface area contributed by atoms with Gasteiger partial charge in [-0.2, -0.15) is 0 Å². The van der Waals surface area contributed by atoms with Crippen LogP contribution in [0.15, 0.2) is 58.6 Å². The van der Waals surface area contributed by atoms with Gasteiger partial charge in [-0.05, 0) is 24.3 Å². The van der Waals surface area contributed by atoms with E-state index in [4.69, 9.17) is 4.42 Å². The van der Waals surface area contributed by atoms with Crippen LogP contribution in [0.1, 0.15) is 5.69 Å². The van der Waals surface area contributed by atoms with Crippen molar-refractivity contribution in [3.63, 3.8) is 0 Å². The highest BCUT2D eigenvalue weighted by atomic mass is 32.2. The summed E-state index contributed by atoms with van der Waals surface area (Å²) in [6, 6.07) is 9.71. The minimum absolute atomic E-state index is 0.498. The number of aromatic amines is 1. The molecule has 0 aliphatic heterocycles. The first-order valence-electron chi connectivity index (χ1n) is 6.41. The topological polar surface area (TPSA) is 72.0 Å². The smallest absolute Gasteiger partial charge is 0.277 e. The van der Waals surface area contributed by atoms with Gasteiger partial charge in [0.1, 0.15) is 11.3 Å². The molecular formula is C14H11N5OS. The van der Waals surface area contributed by atoms with Crippen LogP contribution in [0, 0.1) is 0 Å². The molecular weight excluding hydrogens is 286 g/mol. The van der Waals surface area contributed by atoms with Crippen LogP contribution in [0.2, 0.25) is 0 Å². The molecule has 4 aromatic rings. The van der Waals surface area contributed by atoms with E-state index in [9.17, 15) is 0 Å². The average molecular weight is 297 g/mol. The zero-order chi connectivity index (χ0) is 14.1. The molecule has 0 aliphatic carbocycles. The fraction of sp³-hybridized carbons (Fsp3) is 0.0714. The molecule has 0 amide bonds. The molecule has 4 aromatic heterocycles. The maximum Gasteiger partial charge on any atom is 0.277 e. The summed E-state index contributed by atoms with van der Waals surface area (Å²) in [6.07, 6.45) is 5.81. The van der Waals surface area contributed by atoms with E-state index in [0.717, 1.165) is 17.0 Å². The molecule has 7 heteroatoms. The van der Waals surface area contributed by atoms with E-state index in [1.807, 2.05) is 53.3 Å². The van der Waals surface area contributed by atoms with Gasteiger partial charge in [-0.3, -0.25) is 0 Å². The third-order valence-electron chi connectivity index (χ3n) is 2.99. The van der Waals surface area contributed by atoms with Crippen molar-refractivity contribution in [3.8, 4) is 11.6 Å². The Balaban J connectivity index is 1.49. The van der Waals surface area contributed by atoms with Crippen molar-refractivity contribution >= 4 is 17.4 Å². The lowest BCUT2D eigenvalue weighted by molar-refractivity contribution is 0.464. The Bertz CT molecular complexity index is 831. The second-order valence-corrected chi connectivity index (χ2v) is 5.37. The molecule has 0 unspecified atom stereocenters. The standard InChI is InChI=1S/C14H11N5OS/c1-2-7-19-8-10(16-12(19)5-1)9-21-14-18-17-13(20-14)11-4-3-6-15-11/h1-8,15H,9H2. The van der Waals surface area contributed by atoms with E-state index in [1.54, 1.807) is 0 Å². The number of imidazole rings is 1. The Morgan fingerprint density at radius 2 is 2.19 bits per heavy atom. The van der Waals surface area contributed by atoms with Gasteiger partial charge in [-0.15, -0.1) is 10.2 Å². The molecule has 0 saturated heterocycles. The zero-order valence-corrected chi connectivity index (χ0v) is 11.7. The zero-order valence-electron chi connectivity index (χ0n) is 10.9. The van der Waals surface area contributed by atoms with Crippen molar-refractivity contribution in [3.05, 3.63) is 54.6 Å². The molecule has 0 aromatic carbocycles. The summed E-state index contributed by atoms with van der Waals surface area (Å²) in [4.78, 5) is 7.57. The molecule has 4 heterocycles. The lowest BCUT2D eigenvalue weighted by Gasteiger charge is -1.91. The second kappa shape index (κ2) is 5.10. The molecule has 0 saturated carbocycles. The molecule has 6 nitrogen and oxygen atoms in total. The van der Waals surface area contributed by atoms with Gasteiger partial charge in [-0.25, -0.2) is 4.98 Å². The van der Waals surface area contributed by atoms with Gasteiger partial charge >= 0.3 is 0 Å². The number of fused-ring (bicyclic) bond motifs is 1. The van der Waals surface area contributed by atoms with Crippen LogP contribution >= 0.6 is 11.8 Å². The van der Waals surface area contributed by atoms with Crippen molar-refractivity contribution in [1.29, 1.82) is 0 Å². The van der Waals surface area contributed by atoms with Gasteiger partial charge in [0.05, 0.1) is 5.69 Å². The number of hydrogen-bond donors (Lipinski definition) is 1. The number of H-pyrrole nitrogens is 1. The highest BCUT2D eigenvalue weighted by molar-refractivity contribution is 7.98. The molecule has 1 N–H and O–H groups in total. The Labute approximate surface area is 124 Å². The normalized spacial score (nSPS) is 11.2. The quantitative estimate of drug-likeness (QED) is 0.586. The third-order valence-corrected chi connectivity index (χ3v) is 3.84. The fourth-order valence-electron chi connectivity index (χ4n) is 2.03. The highest BCUT2D eigenvalue weighted by Crippen LogP contribution is 2.24. The minimum Gasteiger partial charge on any atom is -0.410 e. The Morgan fingerprint density at radius 1 is 1.19 bits per heavy atom. The van der Waals surface area contributed by atoms with Gasteiger partial charge in [0, 0.05) is 24.3 Å². The Hall–Kier alpha value is -2.54. The van der Waals surface area contributed by atoms with E-state index in [-0.39, 0.29) is 0 Å². The van der Waals surface area contributed by atoms with Crippen molar-refractivity contribution in [1.82, 2.24) is 24.6 Å². The molecule has 0 fully saturated rings. The van der Waals surface area contributed by atoms with Crippen LogP contribution in [0.3, 0.4) is 0 Å². The molecule has 0 radical (unpaired) electrons. The average Bonchev–Trinajstić information content (AvgIpc) is 3.23. The van der Waals surface area contributed by atoms with Crippen LogP contribution in [0.5, 0.6) is 0 Å². The van der Waals surface area contributed by atoms with Crippen LogP contribution < -0.4 is 0 Å². The van der Waals surface area contributed by atoms with Crippen LogP contribution in [-0.4, -0.2) is 24.6 Å². The molecule has 0 bridgehead atoms. The second-order valence-electron chi connectivity index (χ2n) is 4.44. The van der Waals surface area contributed by atoms with Crippen LogP contribution in [-0.2, 0) is 5.75 Å². The van der Waals surface area contributed by atoms with E-state index >= 15 is 0 Å². The van der Waals surface area contributed by atoms with Gasteiger partial charge in [0.2, 0.25) is 0 Å². The summed E-state index contributed by atoms with van der Waals surface area (Å²) >= 11 is 1.48. The SMILES string of the molecule is c1c[nH]c(-c2nnc(SCc3cn4ccccc4n3)o2)c1. The number of nitrogens with one attached hydrogen (secondary N) is 1. The van der Waals surface area contributed by atoms with Crippen molar-refractivity contribution < 1.29 is 4.42 Å². The van der Waals surface area contributed by atoms with Crippen molar-refractivity contribution in [2.45, 2.75) is 11.0 Å². The Morgan fingerprint density at radius 3 is 3.05 bits per heavy atom. The molecule has 0 aliphatic rings. The lowest BCUT2D eigenvalue weighted by Crippen LogP contribution is -1.79. The number of thioether (sulfide) groups is 1. The van der Waals surface area contributed by atoms with Crippen molar-refractivity contribution in [2.75, 3.05) is 0 Å². The van der Waals surface area contributed by atoms with Gasteiger partial charge in [0.15, 0.2) is 0 Å². The van der Waals surface area contributed by atoms with Gasteiger partial charge in [-0.1, -0.05) is 17.8 Å². The summed E-state index contributed by atoms with van der Waals surface area (Å²) in [5, 5.41) is 8.59. The monoisotopic (exact) mass is 297 g/mol. The van der Waals surface area contributed by atoms with E-state index in [1.165, 1.54) is 11.8 Å². The number of rotatable bonds is 4. The Kier molecular flexibility index (Phi) is 2.97. The first-order chi connectivity index (χ1) is 10.4. The maximum absolute atomic E-state index is 5.60. The number of hydrogen-bond acceptors (Lipinski definition) is 5. The molecule has 0 atom stereocenters. The number of pyridine rings is 1. The lowest BCUT2D eigenvalue weighted by atomic mass is 10.4. The van der Waals surface area contributed by atoms with Crippen LogP contribution in [0.4, 0.5) is 0 Å². The molecule has 21 heavy (non-hydrogen) atoms. The van der Waals surface area contributed by atoms with Crippen molar-refractivity contribution in [2.24, 2.45) is 0 Å². The molecule has 104 valence electrons. The van der Waals surface area contributed by atoms with Gasteiger partial charge < -0.3 is 13.8 Å². The first-order valence-corrected chi connectivity index (χ1v) is 7.40. The summed E-state index contributed by atoms with van der Waals surface area (Å²) < 4.78 is 7.59. The predicted octanol–water partition coefficient (Wildman–Crippen LogP) is 3.00. The summed E-state index contributed by atoms with van der Waals surface area (Å²) in [5.41, 5.74) is 2.73. The number of nitrogens with zero attached hydrogens (tertiary/aromatic N) is 4. The number of aromatic nitrogens is 5. The van der Waals surface area contributed by atoms with Gasteiger partial charge in [0.25, 0.3) is 11.1 Å². The fourth-order valence-corrected chi connectivity index (χ4v) is 2.68. The largest absolute Gasteiger partial charge is 0.410 e. The van der Waals surface area contributed by atoms with E-state index in [0.29, 0.717) is 16.9 Å². The first kappa shape index (κ1) is 12.2. The predicted molar refractivity (Wildman–Crippen MR) is 78.8 cm³/mol. The summed E-state index contributed by atoms with van der Waals surface area (Å²) in [6.45, 7) is 0. The van der Waals surface area contributed by atoms with Crippen LogP contribution in [0.25, 0.3) is 17.2 Å². The minimum atomic E-state index is 0.498. The summed E-state index contributed by atoms with van der Waals surface area (Å²) in [7, 11) is 0. The molecule has 4 rings (SSSR count). The molecule has 0 spiro atoms.